The van der Waals surface area contributed by atoms with E-state index in [1.165, 1.54) is 16.5 Å². The lowest BCUT2D eigenvalue weighted by Crippen LogP contribution is -2.38. The van der Waals surface area contributed by atoms with Crippen LogP contribution in [0.5, 0.6) is 0 Å². The van der Waals surface area contributed by atoms with Crippen LogP contribution in [0, 0.1) is 13.8 Å². The summed E-state index contributed by atoms with van der Waals surface area (Å²) in [5, 5.41) is 8.98. The maximum absolute atomic E-state index is 13.6. The summed E-state index contributed by atoms with van der Waals surface area (Å²) in [5.41, 5.74) is 10.9. The van der Waals surface area contributed by atoms with Crippen LogP contribution in [0.1, 0.15) is 54.6 Å². The Labute approximate surface area is 198 Å². The minimum Gasteiger partial charge on any atom is -0.353 e. The smallest absolute Gasteiger partial charge is 0.237 e. The molecule has 1 amide bonds. The monoisotopic (exact) mass is 460 g/mol. The molecule has 0 spiro atoms. The number of alkyl halides is 1. The predicted octanol–water partition coefficient (Wildman–Crippen LogP) is 5.78. The average molecular weight is 461 g/mol. The van der Waals surface area contributed by atoms with Crippen LogP contribution in [-0.4, -0.2) is 33.0 Å². The summed E-state index contributed by atoms with van der Waals surface area (Å²) in [6.07, 6.45) is 10.1. The summed E-state index contributed by atoms with van der Waals surface area (Å²) in [6, 6.07) is 2.24. The third-order valence-corrected chi connectivity index (χ3v) is 8.28. The molecule has 1 aromatic carbocycles. The maximum Gasteiger partial charge on any atom is 0.237 e. The Morgan fingerprint density at radius 2 is 2.03 bits per heavy atom. The number of carbonyl (C=O) groups excluding carboxylic acids is 1. The van der Waals surface area contributed by atoms with E-state index in [-0.39, 0.29) is 11.3 Å². The van der Waals surface area contributed by atoms with Gasteiger partial charge in [0.15, 0.2) is 0 Å². The minimum absolute atomic E-state index is 0.0651. The van der Waals surface area contributed by atoms with Crippen LogP contribution in [0.15, 0.2) is 29.9 Å². The predicted molar refractivity (Wildman–Crippen MR) is 134 cm³/mol. The Balaban J connectivity index is 1.56. The molecule has 3 heterocycles. The van der Waals surface area contributed by atoms with Gasteiger partial charge < -0.3 is 9.88 Å². The van der Waals surface area contributed by atoms with Crippen molar-refractivity contribution in [3.63, 3.8) is 0 Å². The summed E-state index contributed by atoms with van der Waals surface area (Å²) in [5.74, 6) is 0.142. The standard InChI is InChI=1S/C27H29ClN4O/c1-14-22-21(32(26(33)27(22,3)4)13-16-8-5-6-11-20(16)28)12-19-18-10-7-9-17-15(2)30-31-25(17)24(18)29-23(14)19/h5-6,8,12,20,29H,7,9-11,13H2,1-4H3,(H,30,31). The molecule has 1 aliphatic heterocycles. The van der Waals surface area contributed by atoms with Gasteiger partial charge in [0.05, 0.1) is 16.5 Å². The fourth-order valence-electron chi connectivity index (χ4n) is 6.10. The Morgan fingerprint density at radius 1 is 1.24 bits per heavy atom. The van der Waals surface area contributed by atoms with Crippen molar-refractivity contribution in [1.29, 1.82) is 0 Å². The second-order valence-electron chi connectivity index (χ2n) is 10.2. The molecule has 5 nitrogen and oxygen atoms in total. The molecule has 2 aliphatic carbocycles. The van der Waals surface area contributed by atoms with E-state index in [1.807, 2.05) is 24.8 Å². The number of amides is 1. The zero-order valence-electron chi connectivity index (χ0n) is 19.6. The number of nitrogens with zero attached hydrogens (tertiary/aromatic N) is 2. The number of hydrogen-bond acceptors (Lipinski definition) is 2. The van der Waals surface area contributed by atoms with Gasteiger partial charge in [0.25, 0.3) is 0 Å². The molecule has 2 aromatic heterocycles. The number of aromatic nitrogens is 3. The van der Waals surface area contributed by atoms with Crippen LogP contribution in [0.25, 0.3) is 22.3 Å². The lowest BCUT2D eigenvalue weighted by Gasteiger charge is -2.24. The number of H-pyrrole nitrogens is 2. The highest BCUT2D eigenvalue weighted by Crippen LogP contribution is 2.48. The van der Waals surface area contributed by atoms with Crippen molar-refractivity contribution in [3.05, 3.63) is 57.8 Å². The number of nitrogens with one attached hydrogen (secondary N) is 2. The maximum atomic E-state index is 13.6. The van der Waals surface area contributed by atoms with Gasteiger partial charge >= 0.3 is 0 Å². The van der Waals surface area contributed by atoms with Crippen molar-refractivity contribution < 1.29 is 4.79 Å². The van der Waals surface area contributed by atoms with Crippen LogP contribution in [0.4, 0.5) is 5.69 Å². The van der Waals surface area contributed by atoms with Crippen LogP contribution in [-0.2, 0) is 23.1 Å². The Kier molecular flexibility index (Phi) is 4.47. The van der Waals surface area contributed by atoms with Crippen LogP contribution in [0.2, 0.25) is 0 Å². The van der Waals surface area contributed by atoms with Gasteiger partial charge in [-0.15, -0.1) is 11.6 Å². The summed E-state index contributed by atoms with van der Waals surface area (Å²) in [6.45, 7) is 8.88. The van der Waals surface area contributed by atoms with E-state index in [0.717, 1.165) is 70.7 Å². The fraction of sp³-hybridized carbons (Fsp3) is 0.407. The SMILES string of the molecule is Cc1[nH]nc2c1CCCc1c-2[nH]c2c(C)c3c(cc12)N(CC1=CC=CCC1Cl)C(=O)C3(C)C. The molecular formula is C27H29ClN4O. The molecule has 0 bridgehead atoms. The molecule has 1 atom stereocenters. The molecule has 1 unspecified atom stereocenters. The molecule has 6 rings (SSSR count). The first-order valence-corrected chi connectivity index (χ1v) is 12.3. The van der Waals surface area contributed by atoms with Gasteiger partial charge in [0.2, 0.25) is 5.91 Å². The van der Waals surface area contributed by atoms with E-state index in [9.17, 15) is 4.79 Å². The summed E-state index contributed by atoms with van der Waals surface area (Å²) in [7, 11) is 0. The lowest BCUT2D eigenvalue weighted by atomic mass is 9.82. The van der Waals surface area contributed by atoms with E-state index < -0.39 is 5.41 Å². The number of carbonyl (C=O) groups is 1. The number of anilines is 1. The van der Waals surface area contributed by atoms with Gasteiger partial charge in [-0.05, 0) is 81.7 Å². The topological polar surface area (TPSA) is 64.8 Å². The highest BCUT2D eigenvalue weighted by atomic mass is 35.5. The Hall–Kier alpha value is -2.79. The lowest BCUT2D eigenvalue weighted by molar-refractivity contribution is -0.122. The van der Waals surface area contributed by atoms with Crippen molar-refractivity contribution in [2.45, 2.75) is 64.2 Å². The normalized spacial score (nSPS) is 21.1. The number of benzene rings is 1. The molecular weight excluding hydrogens is 432 g/mol. The van der Waals surface area contributed by atoms with E-state index in [1.54, 1.807) is 0 Å². The molecule has 0 radical (unpaired) electrons. The van der Waals surface area contributed by atoms with Gasteiger partial charge in [-0.2, -0.15) is 5.10 Å². The third-order valence-electron chi connectivity index (χ3n) is 7.83. The summed E-state index contributed by atoms with van der Waals surface area (Å²) in [4.78, 5) is 19.3. The fourth-order valence-corrected chi connectivity index (χ4v) is 6.34. The molecule has 33 heavy (non-hydrogen) atoms. The first-order chi connectivity index (χ1) is 15.8. The van der Waals surface area contributed by atoms with Crippen LogP contribution < -0.4 is 4.90 Å². The van der Waals surface area contributed by atoms with Crippen molar-refractivity contribution in [2.75, 3.05) is 11.4 Å². The molecule has 3 aliphatic rings. The second kappa shape index (κ2) is 7.10. The number of hydrogen-bond donors (Lipinski definition) is 2. The average Bonchev–Trinajstić information content (AvgIpc) is 3.33. The molecule has 0 saturated heterocycles. The number of aryl methyl sites for hydroxylation is 3. The Bertz CT molecular complexity index is 1390. The van der Waals surface area contributed by atoms with Gasteiger partial charge in [-0.25, -0.2) is 0 Å². The summed E-state index contributed by atoms with van der Waals surface area (Å²) >= 11 is 6.61. The van der Waals surface area contributed by atoms with Gasteiger partial charge in [0, 0.05) is 34.4 Å². The van der Waals surface area contributed by atoms with E-state index in [4.69, 9.17) is 11.6 Å². The minimum atomic E-state index is -0.586. The Morgan fingerprint density at radius 3 is 2.82 bits per heavy atom. The number of halogens is 1. The molecule has 6 heteroatoms. The van der Waals surface area contributed by atoms with Crippen LogP contribution >= 0.6 is 11.6 Å². The van der Waals surface area contributed by atoms with Crippen molar-refractivity contribution >= 4 is 34.1 Å². The van der Waals surface area contributed by atoms with Gasteiger partial charge in [-0.3, -0.25) is 9.89 Å². The van der Waals surface area contributed by atoms with Gasteiger partial charge in [0.1, 0.15) is 5.69 Å². The first kappa shape index (κ1) is 20.8. The molecule has 2 N–H and O–H groups in total. The van der Waals surface area contributed by atoms with E-state index in [2.05, 4.69) is 47.2 Å². The zero-order chi connectivity index (χ0) is 23.1. The molecule has 0 saturated carbocycles. The first-order valence-electron chi connectivity index (χ1n) is 11.8. The van der Waals surface area contributed by atoms with Crippen LogP contribution in [0.3, 0.4) is 0 Å². The number of allylic oxidation sites excluding steroid dienone is 3. The number of aromatic amines is 2. The van der Waals surface area contributed by atoms with Crippen molar-refractivity contribution in [2.24, 2.45) is 0 Å². The highest BCUT2D eigenvalue weighted by Gasteiger charge is 2.46. The van der Waals surface area contributed by atoms with Crippen molar-refractivity contribution in [3.8, 4) is 11.4 Å². The summed E-state index contributed by atoms with van der Waals surface area (Å²) < 4.78 is 0. The van der Waals surface area contributed by atoms with E-state index >= 15 is 0 Å². The number of rotatable bonds is 2. The third kappa shape index (κ3) is 2.84. The number of fused-ring (bicyclic) bond motifs is 6. The quantitative estimate of drug-likeness (QED) is 0.476. The van der Waals surface area contributed by atoms with Gasteiger partial charge in [-0.1, -0.05) is 18.2 Å². The largest absolute Gasteiger partial charge is 0.353 e. The molecule has 170 valence electrons. The van der Waals surface area contributed by atoms with Crippen molar-refractivity contribution in [1.82, 2.24) is 15.2 Å². The second-order valence-corrected chi connectivity index (χ2v) is 10.7. The highest BCUT2D eigenvalue weighted by molar-refractivity contribution is 6.23. The zero-order valence-corrected chi connectivity index (χ0v) is 20.4. The molecule has 3 aromatic rings. The van der Waals surface area contributed by atoms with E-state index in [0.29, 0.717) is 6.54 Å². The molecule has 0 fully saturated rings.